The summed E-state index contributed by atoms with van der Waals surface area (Å²) in [6.45, 7) is 1.67. The van der Waals surface area contributed by atoms with Gasteiger partial charge in [-0.3, -0.25) is 4.79 Å². The molecule has 4 nitrogen and oxygen atoms in total. The molecular weight excluding hydrogens is 503 g/mol. The fourth-order valence-electron chi connectivity index (χ4n) is 3.48. The lowest BCUT2D eigenvalue weighted by Crippen LogP contribution is -2.42. The number of hydrogen-bond donors (Lipinski definition) is 1. The van der Waals surface area contributed by atoms with Crippen molar-refractivity contribution >= 4 is 51.8 Å². The number of nitrogens with one attached hydrogen (secondary N) is 1. The molecular formula is C22H14Cl2F4N2O2S. The van der Waals surface area contributed by atoms with E-state index in [2.05, 4.69) is 10.5 Å². The van der Waals surface area contributed by atoms with Gasteiger partial charge in [0.25, 0.3) is 11.5 Å². The predicted molar refractivity (Wildman–Crippen MR) is 120 cm³/mol. The Morgan fingerprint density at radius 3 is 2.45 bits per heavy atom. The largest absolute Gasteiger partial charge is 0.435 e. The highest BCUT2D eigenvalue weighted by Gasteiger charge is 2.62. The van der Waals surface area contributed by atoms with Gasteiger partial charge in [0, 0.05) is 22.9 Å². The van der Waals surface area contributed by atoms with Crippen molar-refractivity contribution in [2.24, 2.45) is 5.16 Å². The smallest absolute Gasteiger partial charge is 0.374 e. The van der Waals surface area contributed by atoms with Crippen LogP contribution in [0.2, 0.25) is 10.0 Å². The summed E-state index contributed by atoms with van der Waals surface area (Å²) in [6.07, 6.45) is -5.59. The zero-order valence-corrected chi connectivity index (χ0v) is 19.1. The van der Waals surface area contributed by atoms with Gasteiger partial charge in [0.1, 0.15) is 0 Å². The number of nitrogens with zero attached hydrogens (tertiary/aromatic N) is 1. The van der Waals surface area contributed by atoms with Crippen molar-refractivity contribution in [1.82, 2.24) is 0 Å². The number of carbonyl (C=O) groups excluding carboxylic acids is 1. The second-order valence-electron chi connectivity index (χ2n) is 7.38. The van der Waals surface area contributed by atoms with E-state index in [0.717, 1.165) is 12.1 Å². The lowest BCUT2D eigenvalue weighted by Gasteiger charge is -2.29. The van der Waals surface area contributed by atoms with Crippen LogP contribution in [-0.2, 0) is 10.4 Å². The molecule has 33 heavy (non-hydrogen) atoms. The molecule has 1 N–H and O–H groups in total. The van der Waals surface area contributed by atoms with Crippen LogP contribution in [0.3, 0.4) is 0 Å². The first kappa shape index (κ1) is 23.5. The molecule has 1 atom stereocenters. The van der Waals surface area contributed by atoms with E-state index in [9.17, 15) is 22.4 Å². The first-order valence-electron chi connectivity index (χ1n) is 9.43. The molecule has 0 saturated heterocycles. The molecule has 1 aliphatic heterocycles. The molecule has 3 aromatic rings. The summed E-state index contributed by atoms with van der Waals surface area (Å²) >= 11 is 12.9. The average Bonchev–Trinajstić information content (AvgIpc) is 3.41. The standard InChI is InChI=1S/C22H14Cl2F4N2O2S/c1-11-6-12(2-3-15(11)20(31)29-14-4-5-33-10-14)18-9-21(32-30-18,22(26,27)28)13-7-16(23)19(25)17(24)8-13/h2-8,10H,9H2,1H3,(H,29,31)/t21-/m0/s1. The molecule has 172 valence electrons. The SMILES string of the molecule is Cc1cc(C2=NO[C@@](c3cc(Cl)c(F)c(Cl)c3)(C(F)(F)F)C2)ccc1C(=O)Nc1ccsc1. The highest BCUT2D eigenvalue weighted by Crippen LogP contribution is 2.50. The van der Waals surface area contributed by atoms with Gasteiger partial charge in [0.05, 0.1) is 21.4 Å². The molecule has 0 saturated carbocycles. The quantitative estimate of drug-likeness (QED) is 0.291. The Morgan fingerprint density at radius 1 is 1.18 bits per heavy atom. The van der Waals surface area contributed by atoms with Crippen molar-refractivity contribution in [2.45, 2.75) is 25.1 Å². The van der Waals surface area contributed by atoms with Crippen molar-refractivity contribution in [3.8, 4) is 0 Å². The Hall–Kier alpha value is -2.62. The highest BCUT2D eigenvalue weighted by atomic mass is 35.5. The van der Waals surface area contributed by atoms with Crippen LogP contribution < -0.4 is 5.32 Å². The van der Waals surface area contributed by atoms with Crippen molar-refractivity contribution in [3.05, 3.63) is 85.3 Å². The van der Waals surface area contributed by atoms with Crippen LogP contribution >= 0.6 is 34.5 Å². The van der Waals surface area contributed by atoms with Crippen LogP contribution in [0, 0.1) is 12.7 Å². The van der Waals surface area contributed by atoms with Crippen LogP contribution in [0.1, 0.15) is 33.5 Å². The van der Waals surface area contributed by atoms with Crippen molar-refractivity contribution in [2.75, 3.05) is 5.32 Å². The first-order valence-corrected chi connectivity index (χ1v) is 11.1. The summed E-state index contributed by atoms with van der Waals surface area (Å²) in [7, 11) is 0. The number of hydrogen-bond acceptors (Lipinski definition) is 4. The average molecular weight is 517 g/mol. The minimum atomic E-state index is -4.90. The highest BCUT2D eigenvalue weighted by molar-refractivity contribution is 7.08. The molecule has 0 bridgehead atoms. The third kappa shape index (κ3) is 4.32. The second-order valence-corrected chi connectivity index (χ2v) is 8.97. The van der Waals surface area contributed by atoms with Gasteiger partial charge in [-0.2, -0.15) is 24.5 Å². The number of rotatable bonds is 4. The van der Waals surface area contributed by atoms with E-state index in [-0.39, 0.29) is 11.6 Å². The number of carbonyl (C=O) groups is 1. The summed E-state index contributed by atoms with van der Waals surface area (Å²) < 4.78 is 56.2. The lowest BCUT2D eigenvalue weighted by molar-refractivity contribution is -0.275. The van der Waals surface area contributed by atoms with E-state index in [4.69, 9.17) is 28.0 Å². The van der Waals surface area contributed by atoms with Crippen LogP contribution in [-0.4, -0.2) is 17.8 Å². The van der Waals surface area contributed by atoms with E-state index in [1.54, 1.807) is 24.4 Å². The Kier molecular flexibility index (Phi) is 6.15. The van der Waals surface area contributed by atoms with Crippen LogP contribution in [0.15, 0.2) is 52.3 Å². The molecule has 0 fully saturated rings. The number of aryl methyl sites for hydroxylation is 1. The minimum Gasteiger partial charge on any atom is -0.374 e. The normalized spacial score (nSPS) is 18.1. The zero-order valence-electron chi connectivity index (χ0n) is 16.8. The van der Waals surface area contributed by atoms with Crippen LogP contribution in [0.25, 0.3) is 0 Å². The number of amides is 1. The number of benzene rings is 2. The molecule has 0 radical (unpaired) electrons. The van der Waals surface area contributed by atoms with Gasteiger partial charge in [-0.1, -0.05) is 34.4 Å². The monoisotopic (exact) mass is 516 g/mol. The molecule has 1 amide bonds. The maximum Gasteiger partial charge on any atom is 0.435 e. The van der Waals surface area contributed by atoms with Crippen molar-refractivity contribution in [3.63, 3.8) is 0 Å². The van der Waals surface area contributed by atoms with Gasteiger partial charge in [-0.15, -0.1) is 0 Å². The Balaban J connectivity index is 1.63. The van der Waals surface area contributed by atoms with E-state index in [1.165, 1.54) is 23.5 Å². The fourth-order valence-corrected chi connectivity index (χ4v) is 4.55. The third-order valence-electron chi connectivity index (χ3n) is 5.22. The van der Waals surface area contributed by atoms with Gasteiger partial charge < -0.3 is 10.2 Å². The first-order chi connectivity index (χ1) is 15.5. The number of halogens is 6. The summed E-state index contributed by atoms with van der Waals surface area (Å²) in [5.74, 6) is -1.37. The molecule has 1 aromatic heterocycles. The van der Waals surface area contributed by atoms with Crippen molar-refractivity contribution in [1.29, 1.82) is 0 Å². The van der Waals surface area contributed by atoms with Gasteiger partial charge in [-0.05, 0) is 53.8 Å². The third-order valence-corrected chi connectivity index (χ3v) is 6.45. The van der Waals surface area contributed by atoms with Gasteiger partial charge >= 0.3 is 6.18 Å². The minimum absolute atomic E-state index is 0.0109. The fraction of sp³-hybridized carbons (Fsp3) is 0.182. The van der Waals surface area contributed by atoms with E-state index >= 15 is 0 Å². The number of alkyl halides is 3. The summed E-state index contributed by atoms with van der Waals surface area (Å²) in [5.41, 5.74) is -1.43. The van der Waals surface area contributed by atoms with Gasteiger partial charge in [0.2, 0.25) is 0 Å². The van der Waals surface area contributed by atoms with Gasteiger partial charge in [0.15, 0.2) is 5.82 Å². The zero-order chi connectivity index (χ0) is 24.0. The molecule has 0 unspecified atom stereocenters. The molecule has 11 heteroatoms. The Labute approximate surface area is 199 Å². The molecule has 4 rings (SSSR count). The molecule has 2 heterocycles. The number of oxime groups is 1. The number of thiophene rings is 1. The van der Waals surface area contributed by atoms with E-state index in [0.29, 0.717) is 22.4 Å². The molecule has 0 aliphatic carbocycles. The molecule has 0 spiro atoms. The summed E-state index contributed by atoms with van der Waals surface area (Å²) in [6, 6.07) is 7.97. The topological polar surface area (TPSA) is 50.7 Å². The van der Waals surface area contributed by atoms with Gasteiger partial charge in [-0.25, -0.2) is 4.39 Å². The van der Waals surface area contributed by atoms with E-state index < -0.39 is 39.6 Å². The second kappa shape index (κ2) is 8.62. The lowest BCUT2D eigenvalue weighted by atomic mass is 9.86. The maximum absolute atomic E-state index is 14.2. The van der Waals surface area contributed by atoms with Crippen LogP contribution in [0.4, 0.5) is 23.2 Å². The predicted octanol–water partition coefficient (Wildman–Crippen LogP) is 7.34. The van der Waals surface area contributed by atoms with Crippen LogP contribution in [0.5, 0.6) is 0 Å². The maximum atomic E-state index is 14.2. The molecule has 2 aromatic carbocycles. The Morgan fingerprint density at radius 2 is 1.88 bits per heavy atom. The molecule has 1 aliphatic rings. The summed E-state index contributed by atoms with van der Waals surface area (Å²) in [5, 5.41) is 8.90. The number of anilines is 1. The Bertz CT molecular complexity index is 1240. The van der Waals surface area contributed by atoms with E-state index in [1.807, 2.05) is 5.38 Å². The van der Waals surface area contributed by atoms with Crippen molar-refractivity contribution < 1.29 is 27.2 Å². The summed E-state index contributed by atoms with van der Waals surface area (Å²) in [4.78, 5) is 17.5.